The van der Waals surface area contributed by atoms with Crippen molar-refractivity contribution in [3.63, 3.8) is 0 Å². The Bertz CT molecular complexity index is 519. The number of nitrogens with zero attached hydrogens (tertiary/aromatic N) is 1. The first-order chi connectivity index (χ1) is 10.4. The first-order valence-corrected chi connectivity index (χ1v) is 6.88. The van der Waals surface area contributed by atoms with E-state index in [0.29, 0.717) is 5.69 Å². The van der Waals surface area contributed by atoms with Crippen molar-refractivity contribution in [1.82, 2.24) is 10.6 Å². The van der Waals surface area contributed by atoms with Gasteiger partial charge in [0.05, 0.1) is 7.11 Å². The highest BCUT2D eigenvalue weighted by Gasteiger charge is 2.16. The third-order valence-corrected chi connectivity index (χ3v) is 2.90. The lowest BCUT2D eigenvalue weighted by atomic mass is 10.2. The molecule has 0 saturated carbocycles. The van der Waals surface area contributed by atoms with E-state index >= 15 is 0 Å². The molecular weight excluding hydrogens is 286 g/mol. The molecule has 0 aliphatic carbocycles. The molecule has 2 N–H and O–H groups in total. The molecule has 0 bridgehead atoms. The normalized spacial score (nSPS) is 11.2. The fourth-order valence-corrected chi connectivity index (χ4v) is 1.77. The zero-order chi connectivity index (χ0) is 16.5. The van der Waals surface area contributed by atoms with E-state index in [2.05, 4.69) is 15.4 Å². The summed E-state index contributed by atoms with van der Waals surface area (Å²) in [5.41, 5.74) is 0.658. The molecule has 0 fully saturated rings. The van der Waals surface area contributed by atoms with Gasteiger partial charge < -0.3 is 20.3 Å². The molecule has 0 aliphatic rings. The monoisotopic (exact) mass is 307 g/mol. The van der Waals surface area contributed by atoms with Crippen molar-refractivity contribution in [2.45, 2.75) is 19.9 Å². The van der Waals surface area contributed by atoms with Gasteiger partial charge in [0.15, 0.2) is 0 Å². The maximum Gasteiger partial charge on any atom is 0.407 e. The Balaban J connectivity index is 2.51. The van der Waals surface area contributed by atoms with Crippen LogP contribution in [0.5, 0.6) is 0 Å². The molecule has 0 radical (unpaired) electrons. The molecule has 3 amide bonds. The summed E-state index contributed by atoms with van der Waals surface area (Å²) >= 11 is 0. The molecular formula is C15H21N3O4. The van der Waals surface area contributed by atoms with Crippen molar-refractivity contribution in [3.8, 4) is 0 Å². The number of carbonyl (C=O) groups is 3. The van der Waals surface area contributed by atoms with Crippen molar-refractivity contribution in [3.05, 3.63) is 30.3 Å². The lowest BCUT2D eigenvalue weighted by Gasteiger charge is -2.21. The van der Waals surface area contributed by atoms with Gasteiger partial charge in [-0.2, -0.15) is 0 Å². The second-order valence-corrected chi connectivity index (χ2v) is 4.78. The minimum atomic E-state index is -0.559. The molecule has 120 valence electrons. The zero-order valence-corrected chi connectivity index (χ0v) is 13.0. The van der Waals surface area contributed by atoms with E-state index in [1.54, 1.807) is 31.2 Å². The van der Waals surface area contributed by atoms with E-state index in [4.69, 9.17) is 0 Å². The van der Waals surface area contributed by atoms with Gasteiger partial charge in [0, 0.05) is 25.2 Å². The highest BCUT2D eigenvalue weighted by atomic mass is 16.5. The Morgan fingerprint density at radius 2 is 1.86 bits per heavy atom. The number of methoxy groups -OCH3 is 1. The van der Waals surface area contributed by atoms with Crippen LogP contribution in [0, 0.1) is 0 Å². The molecule has 1 aromatic rings. The predicted octanol–water partition coefficient (Wildman–Crippen LogP) is 0.900. The number of carbonyl (C=O) groups excluding carboxylic acids is 3. The minimum absolute atomic E-state index is 0.0791. The van der Waals surface area contributed by atoms with E-state index in [-0.39, 0.29) is 30.9 Å². The molecule has 1 rings (SSSR count). The smallest absolute Gasteiger partial charge is 0.407 e. The Kier molecular flexibility index (Phi) is 6.88. The van der Waals surface area contributed by atoms with Crippen LogP contribution in [0.25, 0.3) is 0 Å². The molecule has 1 atom stereocenters. The van der Waals surface area contributed by atoms with Crippen LogP contribution in [0.15, 0.2) is 30.3 Å². The second-order valence-electron chi connectivity index (χ2n) is 4.78. The number of alkyl carbamates (subject to hydrolysis) is 1. The molecule has 0 aromatic heterocycles. The maximum absolute atomic E-state index is 11.9. The molecule has 22 heavy (non-hydrogen) atoms. The second kappa shape index (κ2) is 8.66. The van der Waals surface area contributed by atoms with E-state index in [1.165, 1.54) is 18.9 Å². The molecule has 7 nitrogen and oxygen atoms in total. The van der Waals surface area contributed by atoms with Crippen molar-refractivity contribution >= 4 is 23.6 Å². The molecule has 0 aliphatic heterocycles. The molecule has 7 heteroatoms. The Morgan fingerprint density at radius 3 is 2.41 bits per heavy atom. The van der Waals surface area contributed by atoms with Crippen LogP contribution < -0.4 is 15.5 Å². The van der Waals surface area contributed by atoms with E-state index in [1.807, 2.05) is 6.07 Å². The van der Waals surface area contributed by atoms with Crippen LogP contribution in [-0.4, -0.2) is 44.1 Å². The highest BCUT2D eigenvalue weighted by Crippen LogP contribution is 2.12. The number of benzene rings is 1. The number of para-hydroxylation sites is 1. The number of amides is 3. The molecule has 0 spiro atoms. The molecule has 0 heterocycles. The van der Waals surface area contributed by atoms with E-state index in [0.717, 1.165) is 0 Å². The Morgan fingerprint density at radius 1 is 1.23 bits per heavy atom. The average molecular weight is 307 g/mol. The summed E-state index contributed by atoms with van der Waals surface area (Å²) in [6, 6.07) is 8.67. The topological polar surface area (TPSA) is 87.7 Å². The summed E-state index contributed by atoms with van der Waals surface area (Å²) in [4.78, 5) is 36.0. The SMILES string of the molecule is COC(=O)N[C@H](C)CNC(=O)CN(C(C)=O)c1ccccc1. The van der Waals surface area contributed by atoms with Gasteiger partial charge in [-0.05, 0) is 19.1 Å². The molecule has 1 aromatic carbocycles. The summed E-state index contributed by atoms with van der Waals surface area (Å²) in [7, 11) is 1.27. The number of anilines is 1. The largest absolute Gasteiger partial charge is 0.453 e. The molecule has 0 saturated heterocycles. The average Bonchev–Trinajstić information content (AvgIpc) is 2.51. The predicted molar refractivity (Wildman–Crippen MR) is 82.5 cm³/mol. The van der Waals surface area contributed by atoms with E-state index < -0.39 is 6.09 Å². The van der Waals surface area contributed by atoms with Gasteiger partial charge in [-0.25, -0.2) is 4.79 Å². The van der Waals surface area contributed by atoms with Gasteiger partial charge >= 0.3 is 6.09 Å². The standard InChI is InChI=1S/C15H21N3O4/c1-11(17-15(21)22-3)9-16-14(20)10-18(12(2)19)13-7-5-4-6-8-13/h4-8,11H,9-10H2,1-3H3,(H,16,20)(H,17,21)/t11-/m1/s1. The van der Waals surface area contributed by atoms with Gasteiger partial charge in [-0.1, -0.05) is 18.2 Å². The summed E-state index contributed by atoms with van der Waals surface area (Å²) in [6.45, 7) is 3.30. The van der Waals surface area contributed by atoms with Crippen LogP contribution in [0.2, 0.25) is 0 Å². The van der Waals surface area contributed by atoms with Crippen molar-refractivity contribution in [2.24, 2.45) is 0 Å². The number of rotatable bonds is 6. The van der Waals surface area contributed by atoms with Gasteiger partial charge in [0.25, 0.3) is 0 Å². The lowest BCUT2D eigenvalue weighted by Crippen LogP contribution is -2.45. The first kappa shape index (κ1) is 17.5. The number of nitrogens with one attached hydrogen (secondary N) is 2. The third kappa shape index (κ3) is 5.82. The molecule has 0 unspecified atom stereocenters. The highest BCUT2D eigenvalue weighted by molar-refractivity contribution is 5.97. The fourth-order valence-electron chi connectivity index (χ4n) is 1.77. The zero-order valence-electron chi connectivity index (χ0n) is 13.0. The van der Waals surface area contributed by atoms with Gasteiger partial charge in [0.1, 0.15) is 6.54 Å². The van der Waals surface area contributed by atoms with Crippen LogP contribution >= 0.6 is 0 Å². The number of hydrogen-bond donors (Lipinski definition) is 2. The van der Waals surface area contributed by atoms with Gasteiger partial charge in [0.2, 0.25) is 11.8 Å². The third-order valence-electron chi connectivity index (χ3n) is 2.90. The summed E-state index contributed by atoms with van der Waals surface area (Å²) in [6.07, 6.45) is -0.559. The van der Waals surface area contributed by atoms with Crippen LogP contribution in [0.3, 0.4) is 0 Å². The summed E-state index contributed by atoms with van der Waals surface area (Å²) < 4.78 is 4.47. The van der Waals surface area contributed by atoms with E-state index in [9.17, 15) is 14.4 Å². The Hall–Kier alpha value is -2.57. The number of hydrogen-bond acceptors (Lipinski definition) is 4. The van der Waals surface area contributed by atoms with Crippen molar-refractivity contribution in [2.75, 3.05) is 25.1 Å². The maximum atomic E-state index is 11.9. The quantitative estimate of drug-likeness (QED) is 0.817. The van der Waals surface area contributed by atoms with Crippen molar-refractivity contribution in [1.29, 1.82) is 0 Å². The Labute approximate surface area is 129 Å². The van der Waals surface area contributed by atoms with Crippen molar-refractivity contribution < 1.29 is 19.1 Å². The van der Waals surface area contributed by atoms with Gasteiger partial charge in [-0.3, -0.25) is 9.59 Å². The lowest BCUT2D eigenvalue weighted by molar-refractivity contribution is -0.123. The summed E-state index contributed by atoms with van der Waals surface area (Å²) in [5, 5.41) is 5.20. The van der Waals surface area contributed by atoms with Crippen LogP contribution in [0.4, 0.5) is 10.5 Å². The fraction of sp³-hybridized carbons (Fsp3) is 0.400. The van der Waals surface area contributed by atoms with Gasteiger partial charge in [-0.15, -0.1) is 0 Å². The van der Waals surface area contributed by atoms with Crippen LogP contribution in [0.1, 0.15) is 13.8 Å². The summed E-state index contributed by atoms with van der Waals surface area (Å²) in [5.74, 6) is -0.528. The minimum Gasteiger partial charge on any atom is -0.453 e. The van der Waals surface area contributed by atoms with Crippen LogP contribution in [-0.2, 0) is 14.3 Å². The first-order valence-electron chi connectivity index (χ1n) is 6.88. The number of ether oxygens (including phenoxy) is 1.